The molecule has 35 heavy (non-hydrogen) atoms. The van der Waals surface area contributed by atoms with E-state index in [0.29, 0.717) is 49.3 Å². The topological polar surface area (TPSA) is 105 Å². The molecule has 0 aromatic carbocycles. The molecule has 0 unspecified atom stereocenters. The summed E-state index contributed by atoms with van der Waals surface area (Å²) < 4.78 is 49.0. The van der Waals surface area contributed by atoms with Gasteiger partial charge in [-0.25, -0.2) is 15.0 Å². The van der Waals surface area contributed by atoms with Crippen LogP contribution in [0.4, 0.5) is 24.9 Å². The number of hydrogen-bond acceptors (Lipinski definition) is 7. The molecule has 0 aliphatic carbocycles. The number of morpholine rings is 1. The van der Waals surface area contributed by atoms with E-state index in [1.165, 1.54) is 6.20 Å². The Morgan fingerprint density at radius 3 is 2.69 bits per heavy atom. The summed E-state index contributed by atoms with van der Waals surface area (Å²) in [5.74, 6) is 0.159. The zero-order valence-corrected chi connectivity index (χ0v) is 20.0. The molecule has 8 nitrogen and oxygen atoms in total. The Morgan fingerprint density at radius 2 is 2.00 bits per heavy atom. The van der Waals surface area contributed by atoms with Gasteiger partial charge in [0.1, 0.15) is 17.0 Å². The Morgan fingerprint density at radius 1 is 1.20 bits per heavy atom. The number of anilines is 2. The van der Waals surface area contributed by atoms with Gasteiger partial charge in [0.25, 0.3) is 0 Å². The molecule has 188 valence electrons. The van der Waals surface area contributed by atoms with Crippen LogP contribution in [0.15, 0.2) is 18.3 Å². The molecule has 11 heteroatoms. The Bertz CT molecular complexity index is 1230. The van der Waals surface area contributed by atoms with Crippen molar-refractivity contribution in [2.75, 3.05) is 36.9 Å². The van der Waals surface area contributed by atoms with Crippen LogP contribution in [0.5, 0.6) is 0 Å². The predicted molar refractivity (Wildman–Crippen MR) is 128 cm³/mol. The molecular formula is C24H30F3N7O. The predicted octanol–water partition coefficient (Wildman–Crippen LogP) is 4.09. The Kier molecular flexibility index (Phi) is 5.87. The van der Waals surface area contributed by atoms with Gasteiger partial charge in [-0.1, -0.05) is 0 Å². The highest BCUT2D eigenvalue weighted by molar-refractivity contribution is 5.94. The van der Waals surface area contributed by atoms with Crippen LogP contribution in [0.2, 0.25) is 0 Å². The number of nitrogens with two attached hydrogens (primary N) is 1. The Balaban J connectivity index is 1.60. The van der Waals surface area contributed by atoms with Crippen molar-refractivity contribution in [2.45, 2.75) is 57.3 Å². The first kappa shape index (κ1) is 23.8. The Hall–Kier alpha value is -2.92. The van der Waals surface area contributed by atoms with Gasteiger partial charge in [-0.05, 0) is 45.7 Å². The highest BCUT2D eigenvalue weighted by Gasteiger charge is 2.42. The van der Waals surface area contributed by atoms with Crippen LogP contribution in [0.3, 0.4) is 0 Å². The van der Waals surface area contributed by atoms with E-state index in [1.807, 2.05) is 26.8 Å². The van der Waals surface area contributed by atoms with E-state index in [1.54, 1.807) is 6.07 Å². The number of fused-ring (bicyclic) bond motifs is 1. The SMILES string of the molecule is C[C@H]1COCCN1c1ccc2c(-c3nc(N)nc([C@H]4CCC(C)(C)NC4)c3C(F)(F)F)c[nH]c2n1. The number of ether oxygens (including phenoxy) is 1. The van der Waals surface area contributed by atoms with Gasteiger partial charge >= 0.3 is 6.18 Å². The highest BCUT2D eigenvalue weighted by atomic mass is 19.4. The van der Waals surface area contributed by atoms with E-state index in [-0.39, 0.29) is 28.9 Å². The lowest BCUT2D eigenvalue weighted by atomic mass is 9.83. The van der Waals surface area contributed by atoms with Gasteiger partial charge in [-0.2, -0.15) is 13.2 Å². The molecule has 2 aliphatic rings. The molecule has 3 aromatic heterocycles. The monoisotopic (exact) mass is 489 g/mol. The summed E-state index contributed by atoms with van der Waals surface area (Å²) >= 11 is 0. The molecule has 0 bridgehead atoms. The fraction of sp³-hybridized carbons (Fsp3) is 0.542. The third-order valence-electron chi connectivity index (χ3n) is 7.01. The number of aromatic nitrogens is 4. The van der Waals surface area contributed by atoms with Gasteiger partial charge in [0.2, 0.25) is 5.95 Å². The minimum atomic E-state index is -4.65. The van der Waals surface area contributed by atoms with E-state index >= 15 is 0 Å². The molecule has 2 atom stereocenters. The molecule has 2 fully saturated rings. The average Bonchev–Trinajstić information content (AvgIpc) is 3.21. The number of alkyl halides is 3. The first-order chi connectivity index (χ1) is 16.5. The number of nitrogen functional groups attached to an aromatic ring is 1. The van der Waals surface area contributed by atoms with Gasteiger partial charge in [0.15, 0.2) is 0 Å². The van der Waals surface area contributed by atoms with Crippen molar-refractivity contribution in [3.8, 4) is 11.3 Å². The summed E-state index contributed by atoms with van der Waals surface area (Å²) in [5.41, 5.74) is 5.53. The minimum Gasteiger partial charge on any atom is -0.377 e. The van der Waals surface area contributed by atoms with E-state index in [2.05, 4.69) is 30.2 Å². The van der Waals surface area contributed by atoms with Gasteiger partial charge in [-0.3, -0.25) is 0 Å². The van der Waals surface area contributed by atoms with Crippen LogP contribution in [0, 0.1) is 0 Å². The third-order valence-corrected chi connectivity index (χ3v) is 7.01. The molecule has 0 amide bonds. The quantitative estimate of drug-likeness (QED) is 0.509. The van der Waals surface area contributed by atoms with Gasteiger partial charge in [0.05, 0.1) is 30.6 Å². The van der Waals surface area contributed by atoms with E-state index < -0.39 is 17.7 Å². The molecule has 3 aromatic rings. The highest BCUT2D eigenvalue weighted by Crippen LogP contribution is 2.44. The van der Waals surface area contributed by atoms with Crippen molar-refractivity contribution in [2.24, 2.45) is 0 Å². The number of aromatic amines is 1. The van der Waals surface area contributed by atoms with Gasteiger partial charge < -0.3 is 25.7 Å². The maximum Gasteiger partial charge on any atom is 0.420 e. The lowest BCUT2D eigenvalue weighted by Crippen LogP contribution is -2.46. The largest absolute Gasteiger partial charge is 0.420 e. The number of piperidine rings is 1. The number of nitrogens with one attached hydrogen (secondary N) is 2. The molecule has 2 aliphatic heterocycles. The first-order valence-electron chi connectivity index (χ1n) is 11.9. The lowest BCUT2D eigenvalue weighted by Gasteiger charge is -2.36. The standard InChI is InChI=1S/C24H30F3N7O/c1-13-12-35-9-8-34(13)17-5-4-15-16(11-29-21(15)31-17)20-18(24(25,26)27)19(32-22(28)33-20)14-6-7-23(2,3)30-10-14/h4-5,11,13-14,30H,6-10,12H2,1-3H3,(H,29,31)(H2,28,32,33)/t13-,14-/m0/s1. The van der Waals surface area contributed by atoms with Crippen LogP contribution in [-0.4, -0.2) is 57.8 Å². The lowest BCUT2D eigenvalue weighted by molar-refractivity contribution is -0.138. The van der Waals surface area contributed by atoms with Crippen LogP contribution < -0.4 is 16.0 Å². The first-order valence-corrected chi connectivity index (χ1v) is 11.9. The molecule has 0 saturated carbocycles. The summed E-state index contributed by atoms with van der Waals surface area (Å²) in [6, 6.07) is 3.76. The maximum atomic E-state index is 14.5. The third kappa shape index (κ3) is 4.54. The van der Waals surface area contributed by atoms with Crippen LogP contribution in [0.25, 0.3) is 22.3 Å². The number of H-pyrrole nitrogens is 1. The fourth-order valence-corrected chi connectivity index (χ4v) is 5.04. The number of halogens is 3. The van der Waals surface area contributed by atoms with Crippen LogP contribution in [-0.2, 0) is 10.9 Å². The normalized spacial score (nSPS) is 23.1. The molecular weight excluding hydrogens is 459 g/mol. The van der Waals surface area contributed by atoms with Crippen LogP contribution in [0.1, 0.15) is 50.8 Å². The molecule has 0 radical (unpaired) electrons. The zero-order chi connectivity index (χ0) is 25.0. The molecule has 4 N–H and O–H groups in total. The van der Waals surface area contributed by atoms with Gasteiger partial charge in [0, 0.05) is 41.7 Å². The smallest absolute Gasteiger partial charge is 0.377 e. The molecule has 0 spiro atoms. The van der Waals surface area contributed by atoms with Crippen molar-refractivity contribution in [1.82, 2.24) is 25.3 Å². The van der Waals surface area contributed by atoms with Crippen LogP contribution >= 0.6 is 0 Å². The van der Waals surface area contributed by atoms with Gasteiger partial charge in [-0.15, -0.1) is 0 Å². The van der Waals surface area contributed by atoms with E-state index in [0.717, 1.165) is 12.2 Å². The second-order valence-corrected chi connectivity index (χ2v) is 10.1. The minimum absolute atomic E-state index is 0.0518. The number of rotatable bonds is 3. The van der Waals surface area contributed by atoms with E-state index in [9.17, 15) is 13.2 Å². The molecule has 5 rings (SSSR count). The number of pyridine rings is 1. The van der Waals surface area contributed by atoms with Crippen molar-refractivity contribution in [3.05, 3.63) is 29.6 Å². The van der Waals surface area contributed by atoms with Crippen molar-refractivity contribution in [3.63, 3.8) is 0 Å². The summed E-state index contributed by atoms with van der Waals surface area (Å²) in [4.78, 5) is 18.1. The zero-order valence-electron chi connectivity index (χ0n) is 20.0. The maximum absolute atomic E-state index is 14.5. The van der Waals surface area contributed by atoms with Crippen molar-refractivity contribution < 1.29 is 17.9 Å². The number of hydrogen-bond donors (Lipinski definition) is 3. The Labute approximate surface area is 201 Å². The summed E-state index contributed by atoms with van der Waals surface area (Å²) in [6.45, 7) is 8.42. The van der Waals surface area contributed by atoms with Crippen molar-refractivity contribution in [1.29, 1.82) is 0 Å². The average molecular weight is 490 g/mol. The summed E-state index contributed by atoms with van der Waals surface area (Å²) in [5, 5.41) is 3.88. The summed E-state index contributed by atoms with van der Waals surface area (Å²) in [6.07, 6.45) is -1.82. The molecule has 2 saturated heterocycles. The fourth-order valence-electron chi connectivity index (χ4n) is 5.04. The second kappa shape index (κ2) is 8.63. The van der Waals surface area contributed by atoms with Crippen molar-refractivity contribution >= 4 is 22.8 Å². The number of nitrogens with zero attached hydrogens (tertiary/aromatic N) is 4. The second-order valence-electron chi connectivity index (χ2n) is 10.1. The van der Waals surface area contributed by atoms with E-state index in [4.69, 9.17) is 10.5 Å². The molecule has 5 heterocycles. The summed E-state index contributed by atoms with van der Waals surface area (Å²) in [7, 11) is 0.